The molecule has 2 aromatic carbocycles. The zero-order chi connectivity index (χ0) is 19.1. The van der Waals surface area contributed by atoms with E-state index in [2.05, 4.69) is 21.4 Å². The molecule has 0 fully saturated rings. The lowest BCUT2D eigenvalue weighted by Crippen LogP contribution is -2.25. The van der Waals surface area contributed by atoms with Gasteiger partial charge in [0.05, 0.1) is 11.6 Å². The smallest absolute Gasteiger partial charge is 0.274 e. The van der Waals surface area contributed by atoms with E-state index in [9.17, 15) is 4.79 Å². The van der Waals surface area contributed by atoms with E-state index < -0.39 is 0 Å². The van der Waals surface area contributed by atoms with E-state index in [1.165, 1.54) is 0 Å². The van der Waals surface area contributed by atoms with Crippen LogP contribution in [0.3, 0.4) is 0 Å². The minimum Gasteiger partial charge on any atom is -0.337 e. The van der Waals surface area contributed by atoms with Gasteiger partial charge >= 0.3 is 0 Å². The first-order chi connectivity index (χ1) is 13.2. The molecule has 1 aromatic heterocycles. The molecule has 134 valence electrons. The summed E-state index contributed by atoms with van der Waals surface area (Å²) in [5.74, 6) is 0.157. The topological polar surface area (TPSA) is 81.9 Å². The number of benzene rings is 2. The van der Waals surface area contributed by atoms with Gasteiger partial charge in [-0.15, -0.1) is 0 Å². The largest absolute Gasteiger partial charge is 0.337 e. The maximum Gasteiger partial charge on any atom is 0.274 e. The molecule has 0 unspecified atom stereocenters. The molecule has 1 amide bonds. The fourth-order valence-corrected chi connectivity index (χ4v) is 2.62. The molecule has 0 radical (unpaired) electrons. The average molecular weight is 357 g/mol. The van der Waals surface area contributed by atoms with Gasteiger partial charge < -0.3 is 10.2 Å². The van der Waals surface area contributed by atoms with Crippen LogP contribution in [0.2, 0.25) is 0 Å². The Labute approximate surface area is 158 Å². The summed E-state index contributed by atoms with van der Waals surface area (Å²) in [5, 5.41) is 11.7. The van der Waals surface area contributed by atoms with Crippen LogP contribution in [0.5, 0.6) is 0 Å². The van der Waals surface area contributed by atoms with Crippen LogP contribution in [0, 0.1) is 11.3 Å². The summed E-state index contributed by atoms with van der Waals surface area (Å²) in [5.41, 5.74) is 2.45. The van der Waals surface area contributed by atoms with Crippen LogP contribution in [0.15, 0.2) is 66.9 Å². The van der Waals surface area contributed by atoms with Gasteiger partial charge in [0, 0.05) is 25.0 Å². The molecule has 6 heteroatoms. The molecule has 0 bridgehead atoms. The van der Waals surface area contributed by atoms with Gasteiger partial charge in [0.1, 0.15) is 5.69 Å². The minimum absolute atomic E-state index is 0.272. The summed E-state index contributed by atoms with van der Waals surface area (Å²) in [6.45, 7) is 3.39. The second-order valence-corrected chi connectivity index (χ2v) is 5.89. The summed E-state index contributed by atoms with van der Waals surface area (Å²) < 4.78 is 0. The van der Waals surface area contributed by atoms with Crippen molar-refractivity contribution in [3.63, 3.8) is 0 Å². The molecule has 1 heterocycles. The predicted molar refractivity (Wildman–Crippen MR) is 104 cm³/mol. The number of nitriles is 1. The third-order valence-corrected chi connectivity index (χ3v) is 4.01. The number of carbonyl (C=O) groups excluding carboxylic acids is 1. The number of nitrogens with one attached hydrogen (secondary N) is 1. The SMILES string of the molecule is CCN(Cc1ccccc1)c1nccc(C(=O)Nc2cccc(C#N)c2)n1. The Morgan fingerprint density at radius 3 is 2.70 bits per heavy atom. The maximum atomic E-state index is 12.5. The van der Waals surface area contributed by atoms with Gasteiger partial charge in [-0.05, 0) is 36.8 Å². The predicted octanol–water partition coefficient (Wildman–Crippen LogP) is 3.63. The van der Waals surface area contributed by atoms with E-state index in [-0.39, 0.29) is 11.6 Å². The lowest BCUT2D eigenvalue weighted by atomic mass is 10.2. The number of aromatic nitrogens is 2. The van der Waals surface area contributed by atoms with Crippen LogP contribution < -0.4 is 10.2 Å². The number of carbonyl (C=O) groups is 1. The molecule has 0 spiro atoms. The monoisotopic (exact) mass is 357 g/mol. The fourth-order valence-electron chi connectivity index (χ4n) is 2.62. The second-order valence-electron chi connectivity index (χ2n) is 5.89. The van der Waals surface area contributed by atoms with Crippen LogP contribution in [-0.2, 0) is 6.54 Å². The van der Waals surface area contributed by atoms with Crippen molar-refractivity contribution < 1.29 is 4.79 Å². The first kappa shape index (κ1) is 18.1. The molecule has 3 aromatic rings. The highest BCUT2D eigenvalue weighted by Gasteiger charge is 2.13. The molecule has 0 aliphatic rings. The molecule has 27 heavy (non-hydrogen) atoms. The third kappa shape index (κ3) is 4.67. The summed E-state index contributed by atoms with van der Waals surface area (Å²) in [6, 6.07) is 20.4. The van der Waals surface area contributed by atoms with Crippen LogP contribution in [0.1, 0.15) is 28.5 Å². The van der Waals surface area contributed by atoms with Gasteiger partial charge in [0.15, 0.2) is 0 Å². The standard InChI is InChI=1S/C21H19N5O/c1-2-26(15-16-7-4-3-5-8-16)21-23-12-11-19(25-21)20(27)24-18-10-6-9-17(13-18)14-22/h3-13H,2,15H2,1H3,(H,24,27). The van der Waals surface area contributed by atoms with Crippen molar-refractivity contribution in [1.29, 1.82) is 5.26 Å². The summed E-state index contributed by atoms with van der Waals surface area (Å²) >= 11 is 0. The normalized spacial score (nSPS) is 10.1. The minimum atomic E-state index is -0.343. The van der Waals surface area contributed by atoms with Gasteiger partial charge in [-0.25, -0.2) is 9.97 Å². The van der Waals surface area contributed by atoms with E-state index in [1.54, 1.807) is 36.5 Å². The van der Waals surface area contributed by atoms with Crippen molar-refractivity contribution in [2.75, 3.05) is 16.8 Å². The number of anilines is 2. The molecule has 3 rings (SSSR count). The molecule has 6 nitrogen and oxygen atoms in total. The van der Waals surface area contributed by atoms with Gasteiger partial charge in [-0.2, -0.15) is 5.26 Å². The molecule has 0 atom stereocenters. The molecule has 0 aliphatic carbocycles. The average Bonchev–Trinajstić information content (AvgIpc) is 2.73. The van der Waals surface area contributed by atoms with Crippen LogP contribution in [-0.4, -0.2) is 22.4 Å². The number of hydrogen-bond donors (Lipinski definition) is 1. The molecular weight excluding hydrogens is 338 g/mol. The summed E-state index contributed by atoms with van der Waals surface area (Å²) in [4.78, 5) is 23.3. The Hall–Kier alpha value is -3.72. The number of rotatable bonds is 6. The molecule has 0 aliphatic heterocycles. The van der Waals surface area contributed by atoms with Gasteiger partial charge in [0.25, 0.3) is 5.91 Å². The van der Waals surface area contributed by atoms with E-state index in [0.717, 1.165) is 5.56 Å². The van der Waals surface area contributed by atoms with Gasteiger partial charge in [0.2, 0.25) is 5.95 Å². The number of nitrogens with zero attached hydrogens (tertiary/aromatic N) is 4. The first-order valence-corrected chi connectivity index (χ1v) is 8.63. The zero-order valence-corrected chi connectivity index (χ0v) is 15.0. The third-order valence-electron chi connectivity index (χ3n) is 4.01. The fraction of sp³-hybridized carbons (Fsp3) is 0.143. The van der Waals surface area contributed by atoms with E-state index in [4.69, 9.17) is 5.26 Å². The highest BCUT2D eigenvalue weighted by Crippen LogP contribution is 2.14. The number of amides is 1. The van der Waals surface area contributed by atoms with Crippen molar-refractivity contribution >= 4 is 17.5 Å². The summed E-state index contributed by atoms with van der Waals surface area (Å²) in [6.07, 6.45) is 1.58. The van der Waals surface area contributed by atoms with Crippen LogP contribution >= 0.6 is 0 Å². The van der Waals surface area contributed by atoms with Crippen molar-refractivity contribution in [1.82, 2.24) is 9.97 Å². The maximum absolute atomic E-state index is 12.5. The van der Waals surface area contributed by atoms with E-state index in [1.807, 2.05) is 42.2 Å². The second kappa shape index (κ2) is 8.59. The molecule has 0 saturated heterocycles. The Morgan fingerprint density at radius 1 is 1.15 bits per heavy atom. The van der Waals surface area contributed by atoms with E-state index >= 15 is 0 Å². The van der Waals surface area contributed by atoms with Crippen molar-refractivity contribution in [3.8, 4) is 6.07 Å². The summed E-state index contributed by atoms with van der Waals surface area (Å²) in [7, 11) is 0. The van der Waals surface area contributed by atoms with Crippen LogP contribution in [0.25, 0.3) is 0 Å². The quantitative estimate of drug-likeness (QED) is 0.728. The lowest BCUT2D eigenvalue weighted by Gasteiger charge is -2.21. The van der Waals surface area contributed by atoms with Gasteiger partial charge in [-0.1, -0.05) is 36.4 Å². The Bertz CT molecular complexity index is 966. The van der Waals surface area contributed by atoms with E-state index in [0.29, 0.717) is 30.3 Å². The van der Waals surface area contributed by atoms with Crippen molar-refractivity contribution in [3.05, 3.63) is 83.7 Å². The number of hydrogen-bond acceptors (Lipinski definition) is 5. The molecule has 1 N–H and O–H groups in total. The highest BCUT2D eigenvalue weighted by molar-refractivity contribution is 6.03. The highest BCUT2D eigenvalue weighted by atomic mass is 16.1. The lowest BCUT2D eigenvalue weighted by molar-refractivity contribution is 0.102. The molecular formula is C21H19N5O. The van der Waals surface area contributed by atoms with Gasteiger partial charge in [-0.3, -0.25) is 4.79 Å². The Kier molecular flexibility index (Phi) is 5.75. The van der Waals surface area contributed by atoms with Crippen molar-refractivity contribution in [2.24, 2.45) is 0 Å². The Balaban J connectivity index is 1.77. The molecule has 0 saturated carbocycles. The van der Waals surface area contributed by atoms with Crippen molar-refractivity contribution in [2.45, 2.75) is 13.5 Å². The van der Waals surface area contributed by atoms with Crippen LogP contribution in [0.4, 0.5) is 11.6 Å². The Morgan fingerprint density at radius 2 is 1.96 bits per heavy atom. The zero-order valence-electron chi connectivity index (χ0n) is 15.0. The first-order valence-electron chi connectivity index (χ1n) is 8.63.